The van der Waals surface area contributed by atoms with Crippen LogP contribution >= 0.6 is 12.2 Å². The van der Waals surface area contributed by atoms with Gasteiger partial charge in [-0.25, -0.2) is 9.78 Å². The molecule has 0 spiro atoms. The molecule has 2 heterocycles. The summed E-state index contributed by atoms with van der Waals surface area (Å²) in [5, 5.41) is 11.2. The van der Waals surface area contributed by atoms with Gasteiger partial charge in [0, 0.05) is 5.56 Å². The minimum absolute atomic E-state index is 0.0135. The third kappa shape index (κ3) is 3.16. The van der Waals surface area contributed by atoms with Crippen LogP contribution in [0.15, 0.2) is 57.7 Å². The molecule has 0 aliphatic rings. The summed E-state index contributed by atoms with van der Waals surface area (Å²) in [7, 11) is 1.59. The van der Waals surface area contributed by atoms with Gasteiger partial charge in [0.05, 0.1) is 23.9 Å². The Morgan fingerprint density at radius 3 is 2.61 bits per heavy atom. The van der Waals surface area contributed by atoms with Crippen molar-refractivity contribution >= 4 is 23.2 Å². The first-order valence-corrected chi connectivity index (χ1v) is 8.89. The zero-order chi connectivity index (χ0) is 19.8. The van der Waals surface area contributed by atoms with Gasteiger partial charge in [-0.05, 0) is 67.2 Å². The SMILES string of the molecule is COc1ccc(-c2cc(-c3c(O)c4ccc(C)cc4oc3=O)[nH]c(=S)n2)cc1. The van der Waals surface area contributed by atoms with E-state index in [-0.39, 0.29) is 16.1 Å². The predicted molar refractivity (Wildman–Crippen MR) is 109 cm³/mol. The lowest BCUT2D eigenvalue weighted by Crippen LogP contribution is -2.06. The van der Waals surface area contributed by atoms with Crippen molar-refractivity contribution in [2.45, 2.75) is 6.92 Å². The van der Waals surface area contributed by atoms with E-state index in [9.17, 15) is 9.90 Å². The van der Waals surface area contributed by atoms with Crippen LogP contribution in [0, 0.1) is 11.7 Å². The fraction of sp³-hybridized carbons (Fsp3) is 0.0952. The number of nitrogens with zero attached hydrogens (tertiary/aromatic N) is 1. The molecule has 0 atom stereocenters. The topological polar surface area (TPSA) is 88.4 Å². The minimum Gasteiger partial charge on any atom is -0.506 e. The van der Waals surface area contributed by atoms with E-state index in [0.29, 0.717) is 28.1 Å². The lowest BCUT2D eigenvalue weighted by molar-refractivity contribution is 0.415. The number of hydrogen-bond donors (Lipinski definition) is 2. The van der Waals surface area contributed by atoms with Gasteiger partial charge < -0.3 is 19.2 Å². The van der Waals surface area contributed by atoms with Crippen LogP contribution in [0.25, 0.3) is 33.5 Å². The predicted octanol–water partition coefficient (Wildman–Crippen LogP) is 4.60. The average molecular weight is 392 g/mol. The number of aryl methyl sites for hydroxylation is 1. The van der Waals surface area contributed by atoms with Gasteiger partial charge in [0.15, 0.2) is 4.77 Å². The van der Waals surface area contributed by atoms with Crippen LogP contribution < -0.4 is 10.4 Å². The Hall–Kier alpha value is -3.45. The van der Waals surface area contributed by atoms with Gasteiger partial charge >= 0.3 is 5.63 Å². The molecule has 2 aromatic carbocycles. The van der Waals surface area contributed by atoms with Crippen molar-refractivity contribution in [3.8, 4) is 34.0 Å². The molecule has 4 rings (SSSR count). The maximum absolute atomic E-state index is 12.6. The number of aromatic hydroxyl groups is 1. The molecule has 0 saturated carbocycles. The Labute approximate surface area is 165 Å². The van der Waals surface area contributed by atoms with Crippen LogP contribution in [0.5, 0.6) is 11.5 Å². The second-order valence-electron chi connectivity index (χ2n) is 6.33. The molecule has 6 nitrogen and oxygen atoms in total. The third-order valence-electron chi connectivity index (χ3n) is 4.44. The van der Waals surface area contributed by atoms with Crippen molar-refractivity contribution in [3.63, 3.8) is 0 Å². The molecule has 0 aliphatic heterocycles. The summed E-state index contributed by atoms with van der Waals surface area (Å²) in [6.45, 7) is 1.88. The van der Waals surface area contributed by atoms with Gasteiger partial charge in [-0.3, -0.25) is 0 Å². The maximum Gasteiger partial charge on any atom is 0.349 e. The molecular weight excluding hydrogens is 376 g/mol. The van der Waals surface area contributed by atoms with Crippen molar-refractivity contribution in [2.24, 2.45) is 0 Å². The zero-order valence-corrected chi connectivity index (χ0v) is 16.0. The van der Waals surface area contributed by atoms with E-state index in [0.717, 1.165) is 11.1 Å². The fourth-order valence-corrected chi connectivity index (χ4v) is 3.24. The number of fused-ring (bicyclic) bond motifs is 1. The molecule has 28 heavy (non-hydrogen) atoms. The van der Waals surface area contributed by atoms with Gasteiger partial charge in [0.25, 0.3) is 0 Å². The molecule has 0 fully saturated rings. The van der Waals surface area contributed by atoms with E-state index < -0.39 is 5.63 Å². The molecular formula is C21H16N2O4S. The Kier molecular flexibility index (Phi) is 4.44. The van der Waals surface area contributed by atoms with E-state index in [1.807, 2.05) is 25.1 Å². The number of hydrogen-bond acceptors (Lipinski definition) is 6. The summed E-state index contributed by atoms with van der Waals surface area (Å²) in [4.78, 5) is 19.8. The molecule has 0 unspecified atom stereocenters. The molecule has 0 aliphatic carbocycles. The fourth-order valence-electron chi connectivity index (χ4n) is 3.03. The van der Waals surface area contributed by atoms with Crippen LogP contribution in [-0.4, -0.2) is 22.2 Å². The maximum atomic E-state index is 12.6. The highest BCUT2D eigenvalue weighted by Crippen LogP contribution is 2.33. The molecule has 2 N–H and O–H groups in total. The zero-order valence-electron chi connectivity index (χ0n) is 15.1. The standard InChI is InChI=1S/C21H16N2O4S/c1-11-3-8-14-17(9-11)27-20(25)18(19(14)24)16-10-15(22-21(28)23-16)12-4-6-13(26-2)7-5-12/h3-10,24H,1-2H3,(H,22,23,28). The summed E-state index contributed by atoms with van der Waals surface area (Å²) in [6, 6.07) is 14.2. The van der Waals surface area contributed by atoms with Gasteiger partial charge in [-0.1, -0.05) is 6.07 Å². The summed E-state index contributed by atoms with van der Waals surface area (Å²) in [6.07, 6.45) is 0. The quantitative estimate of drug-likeness (QED) is 0.391. The van der Waals surface area contributed by atoms with E-state index >= 15 is 0 Å². The second kappa shape index (κ2) is 6.94. The second-order valence-corrected chi connectivity index (χ2v) is 6.71. The Morgan fingerprint density at radius 2 is 1.89 bits per heavy atom. The largest absolute Gasteiger partial charge is 0.506 e. The third-order valence-corrected chi connectivity index (χ3v) is 4.63. The number of rotatable bonds is 3. The number of aromatic nitrogens is 2. The van der Waals surface area contributed by atoms with E-state index in [2.05, 4.69) is 9.97 Å². The molecule has 140 valence electrons. The van der Waals surface area contributed by atoms with Gasteiger partial charge in [-0.2, -0.15) is 0 Å². The molecule has 0 radical (unpaired) electrons. The number of H-pyrrole nitrogens is 1. The van der Waals surface area contributed by atoms with Crippen LogP contribution in [0.2, 0.25) is 0 Å². The summed E-state index contributed by atoms with van der Waals surface area (Å²) < 4.78 is 10.8. The molecule has 2 aromatic heterocycles. The Morgan fingerprint density at radius 1 is 1.14 bits per heavy atom. The number of aromatic amines is 1. The van der Waals surface area contributed by atoms with Crippen LogP contribution in [-0.2, 0) is 0 Å². The number of ether oxygens (including phenoxy) is 1. The first-order chi connectivity index (χ1) is 13.5. The molecule has 0 amide bonds. The highest BCUT2D eigenvalue weighted by molar-refractivity contribution is 7.71. The van der Waals surface area contributed by atoms with Crippen molar-refractivity contribution in [1.29, 1.82) is 0 Å². The highest BCUT2D eigenvalue weighted by atomic mass is 32.1. The Bertz CT molecular complexity index is 1310. The van der Waals surface area contributed by atoms with Crippen LogP contribution in [0.3, 0.4) is 0 Å². The summed E-state index contributed by atoms with van der Waals surface area (Å²) in [5.41, 5.74) is 2.29. The minimum atomic E-state index is -0.659. The normalized spacial score (nSPS) is 10.9. The van der Waals surface area contributed by atoms with Gasteiger partial charge in [0.2, 0.25) is 0 Å². The highest BCUT2D eigenvalue weighted by Gasteiger charge is 2.18. The number of benzene rings is 2. The van der Waals surface area contributed by atoms with Gasteiger partial charge in [0.1, 0.15) is 22.6 Å². The number of methoxy groups -OCH3 is 1. The molecule has 0 saturated heterocycles. The molecule has 7 heteroatoms. The lowest BCUT2D eigenvalue weighted by atomic mass is 10.1. The molecule has 4 aromatic rings. The Balaban J connectivity index is 1.92. The summed E-state index contributed by atoms with van der Waals surface area (Å²) >= 11 is 5.23. The first kappa shape index (κ1) is 17.9. The lowest BCUT2D eigenvalue weighted by Gasteiger charge is -2.09. The van der Waals surface area contributed by atoms with Crippen LogP contribution in [0.1, 0.15) is 5.56 Å². The van der Waals surface area contributed by atoms with E-state index in [1.54, 1.807) is 37.4 Å². The van der Waals surface area contributed by atoms with Crippen LogP contribution in [0.4, 0.5) is 0 Å². The van der Waals surface area contributed by atoms with Crippen molar-refractivity contribution in [3.05, 3.63) is 69.3 Å². The average Bonchev–Trinajstić information content (AvgIpc) is 2.67. The van der Waals surface area contributed by atoms with E-state index in [1.165, 1.54) is 0 Å². The monoisotopic (exact) mass is 392 g/mol. The van der Waals surface area contributed by atoms with E-state index in [4.69, 9.17) is 21.4 Å². The van der Waals surface area contributed by atoms with Gasteiger partial charge in [-0.15, -0.1) is 0 Å². The smallest absolute Gasteiger partial charge is 0.349 e. The van der Waals surface area contributed by atoms with Crippen molar-refractivity contribution in [2.75, 3.05) is 7.11 Å². The molecule has 0 bridgehead atoms. The summed E-state index contributed by atoms with van der Waals surface area (Å²) in [5.74, 6) is 0.553. The van der Waals surface area contributed by atoms with Crippen molar-refractivity contribution in [1.82, 2.24) is 9.97 Å². The first-order valence-electron chi connectivity index (χ1n) is 8.49. The van der Waals surface area contributed by atoms with Crippen molar-refractivity contribution < 1.29 is 14.3 Å². The number of nitrogens with one attached hydrogen (secondary N) is 1.